The van der Waals surface area contributed by atoms with Crippen molar-refractivity contribution < 1.29 is 42.6 Å². The predicted molar refractivity (Wildman–Crippen MR) is 88.8 cm³/mol. The van der Waals surface area contributed by atoms with E-state index in [9.17, 15) is 9.90 Å². The number of nitrogens with one attached hydrogen (secondary N) is 1. The van der Waals surface area contributed by atoms with Crippen LogP contribution in [-0.2, 0) is 42.9 Å². The Morgan fingerprint density at radius 2 is 1.57 bits per heavy atom. The van der Waals surface area contributed by atoms with Gasteiger partial charge in [0.2, 0.25) is 5.91 Å². The molecule has 2 aromatic carbocycles. The van der Waals surface area contributed by atoms with Crippen molar-refractivity contribution in [3.8, 4) is 5.75 Å². The molecule has 0 fully saturated rings. The number of benzene rings is 2. The predicted octanol–water partition coefficient (Wildman–Crippen LogP) is 3.33. The Kier molecular flexibility index (Phi) is 6.93. The summed E-state index contributed by atoms with van der Waals surface area (Å²) in [5.41, 5.74) is 8.59. The summed E-state index contributed by atoms with van der Waals surface area (Å²) < 4.78 is 0. The number of anilines is 1. The molecule has 1 unspecified atom stereocenters. The van der Waals surface area contributed by atoms with Crippen molar-refractivity contribution in [2.24, 2.45) is 5.73 Å². The molecule has 0 aliphatic carbocycles. The van der Waals surface area contributed by atoms with Gasteiger partial charge in [0.05, 0.1) is 0 Å². The van der Waals surface area contributed by atoms with Gasteiger partial charge in [0.25, 0.3) is 0 Å². The van der Waals surface area contributed by atoms with Crippen LogP contribution in [-0.4, -0.2) is 11.0 Å². The molecule has 2 aromatic rings. The van der Waals surface area contributed by atoms with Gasteiger partial charge in [0.1, 0.15) is 11.8 Å². The molecule has 1 atom stereocenters. The summed E-state index contributed by atoms with van der Waals surface area (Å²) in [7, 11) is 0. The van der Waals surface area contributed by atoms with E-state index in [-0.39, 0.29) is 49.8 Å². The number of phenolic OH excluding ortho intramolecular Hbond substituents is 1. The fraction of sp³-hybridized carbons (Fsp3) is 0.278. The Balaban J connectivity index is 0.00000264. The van der Waals surface area contributed by atoms with Crippen molar-refractivity contribution in [1.82, 2.24) is 0 Å². The van der Waals surface area contributed by atoms with Gasteiger partial charge in [-0.2, -0.15) is 0 Å². The van der Waals surface area contributed by atoms with Gasteiger partial charge in [-0.15, -0.1) is 0 Å². The van der Waals surface area contributed by atoms with Gasteiger partial charge in [0.15, 0.2) is 0 Å². The molecular formula is C18H22N2O2Y. The van der Waals surface area contributed by atoms with E-state index in [2.05, 4.69) is 26.1 Å². The molecule has 0 aliphatic rings. The van der Waals surface area contributed by atoms with Crippen LogP contribution in [0.4, 0.5) is 5.69 Å². The first-order valence-electron chi connectivity index (χ1n) is 7.23. The zero-order valence-electron chi connectivity index (χ0n) is 13.7. The number of aromatic hydroxyl groups is 1. The minimum Gasteiger partial charge on any atom is -0.508 e. The van der Waals surface area contributed by atoms with Crippen molar-refractivity contribution in [2.45, 2.75) is 32.2 Å². The Labute approximate surface area is 162 Å². The second-order valence-corrected chi connectivity index (χ2v) is 6.39. The van der Waals surface area contributed by atoms with Crippen LogP contribution in [0.3, 0.4) is 0 Å². The van der Waals surface area contributed by atoms with Gasteiger partial charge in [-0.3, -0.25) is 4.79 Å². The van der Waals surface area contributed by atoms with E-state index >= 15 is 0 Å². The molecule has 0 aliphatic heterocycles. The van der Waals surface area contributed by atoms with Gasteiger partial charge >= 0.3 is 0 Å². The number of hydrogen-bond acceptors (Lipinski definition) is 3. The first-order chi connectivity index (χ1) is 10.3. The molecular weight excluding hydrogens is 365 g/mol. The van der Waals surface area contributed by atoms with Crippen LogP contribution in [0.25, 0.3) is 0 Å². The van der Waals surface area contributed by atoms with Crippen molar-refractivity contribution in [1.29, 1.82) is 0 Å². The van der Waals surface area contributed by atoms with Crippen LogP contribution in [0.5, 0.6) is 5.75 Å². The third-order valence-electron chi connectivity index (χ3n) is 3.55. The summed E-state index contributed by atoms with van der Waals surface area (Å²) in [6.45, 7) is 6.42. The van der Waals surface area contributed by atoms with E-state index in [1.807, 2.05) is 24.3 Å². The first kappa shape index (κ1) is 19.8. The standard InChI is InChI=1S/C18H22N2O2.Y/c1-18(2,3)13-6-8-14(9-7-13)20-17(22)16(19)12-4-10-15(21)11-5-12;/h4-11,16,21H,19H2,1-3H3,(H,20,22);. The third kappa shape index (κ3) is 5.41. The molecule has 0 aromatic heterocycles. The van der Waals surface area contributed by atoms with Crippen LogP contribution in [0.1, 0.15) is 37.9 Å². The summed E-state index contributed by atoms with van der Waals surface area (Å²) >= 11 is 0. The van der Waals surface area contributed by atoms with E-state index in [0.29, 0.717) is 11.3 Å². The third-order valence-corrected chi connectivity index (χ3v) is 3.55. The maximum atomic E-state index is 12.2. The maximum Gasteiger partial charge on any atom is 0.245 e. The molecule has 0 saturated heterocycles. The number of carbonyl (C=O) groups is 1. The summed E-state index contributed by atoms with van der Waals surface area (Å²) in [6.07, 6.45) is 0. The second-order valence-electron chi connectivity index (χ2n) is 6.39. The minimum absolute atomic E-state index is 0. The van der Waals surface area contributed by atoms with E-state index in [1.54, 1.807) is 12.1 Å². The summed E-state index contributed by atoms with van der Waals surface area (Å²) in [4.78, 5) is 12.2. The molecule has 1 amide bonds. The van der Waals surface area contributed by atoms with Crippen LogP contribution in [0, 0.1) is 0 Å². The molecule has 5 heteroatoms. The van der Waals surface area contributed by atoms with Crippen LogP contribution in [0.15, 0.2) is 48.5 Å². The Morgan fingerprint density at radius 1 is 1.04 bits per heavy atom. The summed E-state index contributed by atoms with van der Waals surface area (Å²) in [6, 6.07) is 13.3. The Morgan fingerprint density at radius 3 is 2.04 bits per heavy atom. The van der Waals surface area contributed by atoms with Gasteiger partial charge in [0, 0.05) is 38.4 Å². The van der Waals surface area contributed by atoms with Crippen LogP contribution < -0.4 is 11.1 Å². The fourth-order valence-corrected chi connectivity index (χ4v) is 2.11. The smallest absolute Gasteiger partial charge is 0.245 e. The molecule has 4 nitrogen and oxygen atoms in total. The van der Waals surface area contributed by atoms with E-state index in [0.717, 1.165) is 0 Å². The molecule has 1 radical (unpaired) electrons. The van der Waals surface area contributed by atoms with E-state index < -0.39 is 6.04 Å². The van der Waals surface area contributed by atoms with E-state index in [1.165, 1.54) is 17.7 Å². The molecule has 0 heterocycles. The van der Waals surface area contributed by atoms with Gasteiger partial charge < -0.3 is 16.2 Å². The SMILES string of the molecule is CC(C)(C)c1ccc(NC(=O)C(N)c2ccc(O)cc2)cc1.[Y]. The summed E-state index contributed by atoms with van der Waals surface area (Å²) in [5.74, 6) is -0.136. The Hall–Kier alpha value is -1.23. The van der Waals surface area contributed by atoms with Crippen molar-refractivity contribution in [3.63, 3.8) is 0 Å². The van der Waals surface area contributed by atoms with E-state index in [4.69, 9.17) is 5.73 Å². The molecule has 119 valence electrons. The average molecular weight is 387 g/mol. The molecule has 2 rings (SSSR count). The second kappa shape index (κ2) is 8.05. The number of nitrogens with two attached hydrogens (primary N) is 1. The van der Waals surface area contributed by atoms with Gasteiger partial charge in [-0.05, 0) is 40.8 Å². The largest absolute Gasteiger partial charge is 0.508 e. The molecule has 23 heavy (non-hydrogen) atoms. The fourth-order valence-electron chi connectivity index (χ4n) is 2.11. The van der Waals surface area contributed by atoms with Gasteiger partial charge in [-0.25, -0.2) is 0 Å². The van der Waals surface area contributed by atoms with Crippen molar-refractivity contribution in [2.75, 3.05) is 5.32 Å². The normalized spacial score (nSPS) is 12.2. The number of amides is 1. The Bertz CT molecular complexity index is 646. The number of hydrogen-bond donors (Lipinski definition) is 3. The zero-order valence-corrected chi connectivity index (χ0v) is 16.5. The topological polar surface area (TPSA) is 75.4 Å². The quantitative estimate of drug-likeness (QED) is 0.756. The zero-order chi connectivity index (χ0) is 16.3. The first-order valence-corrected chi connectivity index (χ1v) is 7.23. The monoisotopic (exact) mass is 387 g/mol. The van der Waals surface area contributed by atoms with Crippen molar-refractivity contribution >= 4 is 11.6 Å². The average Bonchev–Trinajstić information content (AvgIpc) is 2.47. The van der Waals surface area contributed by atoms with Crippen molar-refractivity contribution in [3.05, 3.63) is 59.7 Å². The number of phenols is 1. The molecule has 0 bridgehead atoms. The minimum atomic E-state index is -0.775. The van der Waals surface area contributed by atoms with Crippen LogP contribution in [0.2, 0.25) is 0 Å². The molecule has 4 N–H and O–H groups in total. The molecule has 0 spiro atoms. The van der Waals surface area contributed by atoms with Crippen LogP contribution >= 0.6 is 0 Å². The van der Waals surface area contributed by atoms with Gasteiger partial charge in [-0.1, -0.05) is 45.0 Å². The number of rotatable bonds is 3. The molecule has 0 saturated carbocycles. The number of carbonyl (C=O) groups excluding carboxylic acids is 1. The maximum absolute atomic E-state index is 12.2. The summed E-state index contributed by atoms with van der Waals surface area (Å²) in [5, 5.41) is 12.1.